The SMILES string of the molecule is CC(=O)Oc1ccc(C2/C(=C(/O)c3cccc(OCC(C)C)c3)C(=O)C(=O)N2CCN(C)C)cc1. The highest BCUT2D eigenvalue weighted by atomic mass is 16.5. The fourth-order valence-electron chi connectivity index (χ4n) is 3.80. The number of nitrogens with zero attached hydrogens (tertiary/aromatic N) is 2. The molecule has 1 saturated heterocycles. The Morgan fingerprint density at radius 2 is 1.77 bits per heavy atom. The summed E-state index contributed by atoms with van der Waals surface area (Å²) in [5.74, 6) is -0.898. The van der Waals surface area contributed by atoms with E-state index in [4.69, 9.17) is 9.47 Å². The quantitative estimate of drug-likeness (QED) is 0.192. The molecule has 35 heavy (non-hydrogen) atoms. The zero-order valence-electron chi connectivity index (χ0n) is 20.8. The highest BCUT2D eigenvalue weighted by Gasteiger charge is 2.45. The van der Waals surface area contributed by atoms with Crippen molar-refractivity contribution in [3.05, 3.63) is 65.2 Å². The summed E-state index contributed by atoms with van der Waals surface area (Å²) in [4.78, 5) is 40.8. The van der Waals surface area contributed by atoms with E-state index in [0.717, 1.165) is 0 Å². The van der Waals surface area contributed by atoms with Crippen LogP contribution < -0.4 is 9.47 Å². The first-order chi connectivity index (χ1) is 16.6. The van der Waals surface area contributed by atoms with Gasteiger partial charge < -0.3 is 24.4 Å². The van der Waals surface area contributed by atoms with Crippen LogP contribution in [0.15, 0.2) is 54.1 Å². The lowest BCUT2D eigenvalue weighted by Crippen LogP contribution is -2.35. The Labute approximate surface area is 205 Å². The van der Waals surface area contributed by atoms with Gasteiger partial charge in [0.25, 0.3) is 11.7 Å². The van der Waals surface area contributed by atoms with E-state index >= 15 is 0 Å². The molecule has 1 N–H and O–H groups in total. The molecule has 8 heteroatoms. The molecule has 1 atom stereocenters. The van der Waals surface area contributed by atoms with Gasteiger partial charge in [0.1, 0.15) is 17.3 Å². The predicted molar refractivity (Wildman–Crippen MR) is 132 cm³/mol. The van der Waals surface area contributed by atoms with Crippen LogP contribution in [0, 0.1) is 5.92 Å². The smallest absolute Gasteiger partial charge is 0.308 e. The number of hydrogen-bond acceptors (Lipinski definition) is 7. The van der Waals surface area contributed by atoms with E-state index in [1.165, 1.54) is 11.8 Å². The molecule has 3 rings (SSSR count). The van der Waals surface area contributed by atoms with Gasteiger partial charge in [-0.05, 0) is 49.8 Å². The van der Waals surface area contributed by atoms with Gasteiger partial charge in [-0.1, -0.05) is 38.1 Å². The summed E-state index contributed by atoms with van der Waals surface area (Å²) in [5, 5.41) is 11.3. The van der Waals surface area contributed by atoms with Gasteiger partial charge in [0.2, 0.25) is 0 Å². The molecule has 2 aromatic rings. The summed E-state index contributed by atoms with van der Waals surface area (Å²) in [7, 11) is 3.75. The zero-order chi connectivity index (χ0) is 25.7. The molecule has 1 fully saturated rings. The third-order valence-electron chi connectivity index (χ3n) is 5.48. The number of ketones is 1. The summed E-state index contributed by atoms with van der Waals surface area (Å²) < 4.78 is 10.9. The van der Waals surface area contributed by atoms with Crippen molar-refractivity contribution in [2.45, 2.75) is 26.8 Å². The zero-order valence-corrected chi connectivity index (χ0v) is 20.8. The molecule has 1 aliphatic rings. The molecule has 0 spiro atoms. The second-order valence-electron chi connectivity index (χ2n) is 9.19. The molecule has 0 aromatic heterocycles. The minimum atomic E-state index is -0.790. The maximum Gasteiger partial charge on any atom is 0.308 e. The van der Waals surface area contributed by atoms with E-state index in [1.807, 2.05) is 32.8 Å². The first kappa shape index (κ1) is 26.0. The van der Waals surface area contributed by atoms with Gasteiger partial charge >= 0.3 is 5.97 Å². The Hall–Kier alpha value is -3.65. The lowest BCUT2D eigenvalue weighted by atomic mass is 9.95. The average molecular weight is 481 g/mol. The first-order valence-electron chi connectivity index (χ1n) is 11.5. The summed E-state index contributed by atoms with van der Waals surface area (Å²) >= 11 is 0. The van der Waals surface area contributed by atoms with Gasteiger partial charge in [-0.2, -0.15) is 0 Å². The third-order valence-corrected chi connectivity index (χ3v) is 5.48. The van der Waals surface area contributed by atoms with E-state index < -0.39 is 23.7 Å². The normalized spacial score (nSPS) is 17.3. The Bertz CT molecular complexity index is 1120. The van der Waals surface area contributed by atoms with E-state index in [1.54, 1.807) is 48.5 Å². The Balaban J connectivity index is 2.06. The van der Waals surface area contributed by atoms with Gasteiger partial charge in [0.15, 0.2) is 0 Å². The van der Waals surface area contributed by atoms with Crippen molar-refractivity contribution in [2.75, 3.05) is 33.8 Å². The summed E-state index contributed by atoms with van der Waals surface area (Å²) in [6.45, 7) is 6.71. The maximum absolute atomic E-state index is 13.1. The maximum atomic E-state index is 13.1. The van der Waals surface area contributed by atoms with Crippen LogP contribution in [-0.4, -0.2) is 66.4 Å². The molecule has 2 aromatic carbocycles. The molecule has 0 radical (unpaired) electrons. The van der Waals surface area contributed by atoms with Crippen molar-refractivity contribution >= 4 is 23.4 Å². The lowest BCUT2D eigenvalue weighted by Gasteiger charge is -2.26. The molecular weight excluding hydrogens is 448 g/mol. The highest BCUT2D eigenvalue weighted by molar-refractivity contribution is 6.46. The molecule has 8 nitrogen and oxygen atoms in total. The Morgan fingerprint density at radius 3 is 2.37 bits per heavy atom. The Morgan fingerprint density at radius 1 is 1.09 bits per heavy atom. The predicted octanol–water partition coefficient (Wildman–Crippen LogP) is 3.63. The number of likely N-dealkylation sites (N-methyl/N-ethyl adjacent to an activating group) is 1. The van der Waals surface area contributed by atoms with Crippen LogP contribution in [0.4, 0.5) is 0 Å². The fourth-order valence-corrected chi connectivity index (χ4v) is 3.80. The van der Waals surface area contributed by atoms with E-state index in [9.17, 15) is 19.5 Å². The van der Waals surface area contributed by atoms with Gasteiger partial charge in [-0.25, -0.2) is 0 Å². The van der Waals surface area contributed by atoms with E-state index in [-0.39, 0.29) is 11.3 Å². The number of rotatable bonds is 9. The van der Waals surface area contributed by atoms with E-state index in [0.29, 0.717) is 48.2 Å². The number of Topliss-reactive ketones (excluding diaryl/α,β-unsaturated/α-hetero) is 1. The standard InChI is InChI=1S/C27H32N2O6/c1-17(2)16-34-22-8-6-7-20(15-22)25(31)23-24(19-9-11-21(12-10-19)35-18(3)30)29(14-13-28(4)5)27(33)26(23)32/h6-12,15,17,24,31H,13-14,16H2,1-5H3/b25-23-. The van der Waals surface area contributed by atoms with Crippen LogP contribution in [-0.2, 0) is 14.4 Å². The van der Waals surface area contributed by atoms with Crippen molar-refractivity contribution in [1.29, 1.82) is 0 Å². The van der Waals surface area contributed by atoms with Gasteiger partial charge in [0, 0.05) is 25.6 Å². The molecular formula is C27H32N2O6. The average Bonchev–Trinajstić information content (AvgIpc) is 3.06. The number of carbonyl (C=O) groups is 3. The number of aliphatic hydroxyl groups is 1. The number of amides is 1. The van der Waals surface area contributed by atoms with Crippen molar-refractivity contribution in [3.8, 4) is 11.5 Å². The topological polar surface area (TPSA) is 96.4 Å². The van der Waals surface area contributed by atoms with Crippen LogP contribution in [0.1, 0.15) is 37.9 Å². The molecule has 1 aliphatic heterocycles. The number of aliphatic hydroxyl groups excluding tert-OH is 1. The first-order valence-corrected chi connectivity index (χ1v) is 11.5. The lowest BCUT2D eigenvalue weighted by molar-refractivity contribution is -0.140. The van der Waals surface area contributed by atoms with Crippen molar-refractivity contribution in [1.82, 2.24) is 9.80 Å². The van der Waals surface area contributed by atoms with Gasteiger partial charge in [-0.3, -0.25) is 14.4 Å². The van der Waals surface area contributed by atoms with E-state index in [2.05, 4.69) is 0 Å². The van der Waals surface area contributed by atoms with Crippen LogP contribution in [0.25, 0.3) is 5.76 Å². The second kappa shape index (κ2) is 11.2. The van der Waals surface area contributed by atoms with Crippen molar-refractivity contribution in [3.63, 3.8) is 0 Å². The summed E-state index contributed by atoms with van der Waals surface area (Å²) in [6.07, 6.45) is 0. The number of hydrogen-bond donors (Lipinski definition) is 1. The van der Waals surface area contributed by atoms with Crippen molar-refractivity contribution < 1.29 is 29.0 Å². The Kier molecular flexibility index (Phi) is 8.30. The van der Waals surface area contributed by atoms with Crippen molar-refractivity contribution in [2.24, 2.45) is 5.92 Å². The highest BCUT2D eigenvalue weighted by Crippen LogP contribution is 2.40. The number of carbonyl (C=O) groups excluding carboxylic acids is 3. The second-order valence-corrected chi connectivity index (χ2v) is 9.19. The monoisotopic (exact) mass is 480 g/mol. The number of ether oxygens (including phenoxy) is 2. The molecule has 1 heterocycles. The van der Waals surface area contributed by atoms with Gasteiger partial charge in [-0.15, -0.1) is 0 Å². The number of esters is 1. The molecule has 0 saturated carbocycles. The van der Waals surface area contributed by atoms with Crippen LogP contribution in [0.3, 0.4) is 0 Å². The molecule has 1 unspecified atom stereocenters. The molecule has 0 bridgehead atoms. The molecule has 0 aliphatic carbocycles. The third kappa shape index (κ3) is 6.27. The molecule has 186 valence electrons. The number of benzene rings is 2. The largest absolute Gasteiger partial charge is 0.507 e. The van der Waals surface area contributed by atoms with Crippen LogP contribution >= 0.6 is 0 Å². The molecule has 1 amide bonds. The fraction of sp³-hybridized carbons (Fsp3) is 0.370. The minimum Gasteiger partial charge on any atom is -0.507 e. The minimum absolute atomic E-state index is 0.00926. The summed E-state index contributed by atoms with van der Waals surface area (Å²) in [6, 6.07) is 12.6. The van der Waals surface area contributed by atoms with Gasteiger partial charge in [0.05, 0.1) is 18.2 Å². The summed E-state index contributed by atoms with van der Waals surface area (Å²) in [5.41, 5.74) is 1.01. The number of likely N-dealkylation sites (tertiary alicyclic amines) is 1. The van der Waals surface area contributed by atoms with Crippen LogP contribution in [0.2, 0.25) is 0 Å². The van der Waals surface area contributed by atoms with Crippen LogP contribution in [0.5, 0.6) is 11.5 Å².